The first-order chi connectivity index (χ1) is 30.6. The summed E-state index contributed by atoms with van der Waals surface area (Å²) in [5.74, 6) is 5.04. The van der Waals surface area contributed by atoms with Crippen LogP contribution in [-0.2, 0) is 4.74 Å². The number of thiophene rings is 1. The van der Waals surface area contributed by atoms with E-state index < -0.39 is 11.9 Å². The van der Waals surface area contributed by atoms with Gasteiger partial charge in [-0.1, -0.05) is 31.7 Å². The highest BCUT2D eigenvalue weighted by atomic mass is 79.9. The summed E-state index contributed by atoms with van der Waals surface area (Å²) in [5, 5.41) is 10.0. The number of benzene rings is 2. The predicted octanol–water partition coefficient (Wildman–Crippen LogP) is 4.49. The van der Waals surface area contributed by atoms with Crippen molar-refractivity contribution in [1.82, 2.24) is 55.3 Å². The quantitative estimate of drug-likeness (QED) is 0.0576. The molecule has 9 N–H and O–H groups in total. The lowest BCUT2D eigenvalue weighted by molar-refractivity contribution is 0.0594. The number of halogens is 1. The molecule has 65 heavy (non-hydrogen) atoms. The molecule has 3 amide bonds. The second kappa shape index (κ2) is 22.4. The van der Waals surface area contributed by atoms with E-state index in [-0.39, 0.29) is 59.7 Å². The van der Waals surface area contributed by atoms with Crippen LogP contribution < -0.4 is 33.2 Å². The first-order valence-electron chi connectivity index (χ1n) is 18.3. The van der Waals surface area contributed by atoms with Crippen LogP contribution in [0.3, 0.4) is 0 Å². The Labute approximate surface area is 384 Å². The smallest absolute Gasteiger partial charge is 0.360 e. The summed E-state index contributed by atoms with van der Waals surface area (Å²) in [5.41, 5.74) is 22.8. The van der Waals surface area contributed by atoms with E-state index in [1.807, 2.05) is 16.9 Å². The number of hydrogen-bond donors (Lipinski definition) is 5. The van der Waals surface area contributed by atoms with Gasteiger partial charge in [-0.15, -0.1) is 21.5 Å². The van der Waals surface area contributed by atoms with Crippen LogP contribution in [0, 0.1) is 0 Å². The molecule has 2 aromatic carbocycles. The van der Waals surface area contributed by atoms with Gasteiger partial charge in [0.1, 0.15) is 15.2 Å². The third-order valence-electron chi connectivity index (χ3n) is 8.44. The first kappa shape index (κ1) is 49.7. The summed E-state index contributed by atoms with van der Waals surface area (Å²) in [7, 11) is 9.60. The first-order valence-corrected chi connectivity index (χ1v) is 20.0. The van der Waals surface area contributed by atoms with E-state index in [0.29, 0.717) is 44.3 Å². The molecule has 0 saturated heterocycles. The number of methoxy groups -OCH3 is 2. The lowest BCUT2D eigenvalue weighted by Gasteiger charge is -2.10. The Hall–Kier alpha value is -7.96. The molecule has 0 saturated carbocycles. The molecule has 0 unspecified atom stereocenters. The minimum Gasteiger partial charge on any atom is -0.495 e. The van der Waals surface area contributed by atoms with Gasteiger partial charge < -0.3 is 40.9 Å². The van der Waals surface area contributed by atoms with Crippen molar-refractivity contribution in [2.75, 3.05) is 59.6 Å². The Morgan fingerprint density at radius 2 is 1.20 bits per heavy atom. The summed E-state index contributed by atoms with van der Waals surface area (Å²) >= 11 is 4.48. The molecule has 0 aliphatic rings. The molecule has 7 aromatic rings. The van der Waals surface area contributed by atoms with Gasteiger partial charge >= 0.3 is 5.97 Å². The predicted molar refractivity (Wildman–Crippen MR) is 247 cm³/mol. The van der Waals surface area contributed by atoms with Crippen molar-refractivity contribution in [3.8, 4) is 50.6 Å². The van der Waals surface area contributed by atoms with Gasteiger partial charge in [0.25, 0.3) is 29.5 Å². The minimum atomic E-state index is -0.619. The lowest BCUT2D eigenvalue weighted by Crippen LogP contribution is -2.31. The van der Waals surface area contributed by atoms with Crippen molar-refractivity contribution in [1.29, 1.82) is 0 Å². The number of esters is 1. The number of ether oxygens (including phenoxy) is 2. The van der Waals surface area contributed by atoms with Crippen LogP contribution in [0.15, 0.2) is 87.6 Å². The number of nitrogen functional groups attached to an aromatic ring is 4. The summed E-state index contributed by atoms with van der Waals surface area (Å²) in [6.07, 6.45) is 4.41. The number of nitrogens with one attached hydrogen (secondary N) is 1. The number of carbonyl (C=O) groups is 4. The number of aromatic nitrogens is 8. The molecule has 0 atom stereocenters. The summed E-state index contributed by atoms with van der Waals surface area (Å²) < 4.78 is 16.0. The van der Waals surface area contributed by atoms with Crippen LogP contribution >= 0.6 is 27.3 Å². The highest BCUT2D eigenvalue weighted by Crippen LogP contribution is 2.36. The number of nitrogens with zero attached hydrogens (tertiary/aromatic N) is 10. The maximum Gasteiger partial charge on any atom is 0.360 e. The van der Waals surface area contributed by atoms with Gasteiger partial charge in [0.15, 0.2) is 34.5 Å². The fourth-order valence-corrected chi connectivity index (χ4v) is 6.26. The Kier molecular flexibility index (Phi) is 17.1. The van der Waals surface area contributed by atoms with E-state index in [1.165, 1.54) is 40.6 Å². The van der Waals surface area contributed by atoms with Gasteiger partial charge in [0.05, 0.1) is 44.2 Å². The van der Waals surface area contributed by atoms with Gasteiger partial charge in [-0.05, 0) is 51.6 Å². The van der Waals surface area contributed by atoms with E-state index in [4.69, 9.17) is 32.2 Å². The second-order valence-corrected chi connectivity index (χ2v) is 14.9. The zero-order valence-corrected chi connectivity index (χ0v) is 37.3. The minimum absolute atomic E-state index is 0. The lowest BCUT2D eigenvalue weighted by atomic mass is 10.1. The highest BCUT2D eigenvalue weighted by Gasteiger charge is 2.20. The molecular weight excluding hydrogens is 927 g/mol. The zero-order chi connectivity index (χ0) is 46.7. The van der Waals surface area contributed by atoms with Crippen molar-refractivity contribution in [2.24, 2.45) is 5.84 Å². The molecule has 0 aliphatic heterocycles. The van der Waals surface area contributed by atoms with E-state index in [2.05, 4.69) is 60.8 Å². The topological polar surface area (TPSA) is 326 Å². The SMILES string of the molecule is C.CN(C)C(=O)c1ccc(-c2cnc(N)c(C(=O)NN)n2)cc1.COC(=O)c1nc(Br)cnc1N.COc1ccsc1-c1nnc(-c2nc(-c3ccc(C(=O)N(C)C)cc3)cnc2N)o1. The van der Waals surface area contributed by atoms with Gasteiger partial charge in [-0.25, -0.2) is 40.5 Å². The Bertz CT molecular complexity index is 2780. The van der Waals surface area contributed by atoms with Crippen LogP contribution in [0.1, 0.15) is 49.1 Å². The van der Waals surface area contributed by atoms with Crippen LogP contribution in [0.25, 0.3) is 44.9 Å². The maximum absolute atomic E-state index is 12.1. The molecule has 5 aromatic heterocycles. The Morgan fingerprint density at radius 1 is 0.692 bits per heavy atom. The number of hydrogen-bond acceptors (Lipinski definition) is 20. The molecule has 5 heterocycles. The van der Waals surface area contributed by atoms with Crippen LogP contribution in [-0.4, -0.2) is 116 Å². The maximum atomic E-state index is 12.1. The molecule has 0 spiro atoms. The number of rotatable bonds is 9. The molecule has 0 bridgehead atoms. The summed E-state index contributed by atoms with van der Waals surface area (Å²) in [6.45, 7) is 0. The molecule has 0 fully saturated rings. The average Bonchev–Trinajstić information content (AvgIpc) is 4.00. The van der Waals surface area contributed by atoms with Gasteiger partial charge in [-0.2, -0.15) is 0 Å². The summed E-state index contributed by atoms with van der Waals surface area (Å²) in [4.78, 5) is 74.5. The number of amides is 3. The molecule has 7 rings (SSSR count). The Morgan fingerprint density at radius 3 is 1.72 bits per heavy atom. The monoisotopic (exact) mass is 969 g/mol. The third-order valence-corrected chi connectivity index (χ3v) is 9.70. The van der Waals surface area contributed by atoms with E-state index >= 15 is 0 Å². The number of hydrazine groups is 1. The summed E-state index contributed by atoms with van der Waals surface area (Å²) in [6, 6.07) is 15.7. The second-order valence-electron chi connectivity index (χ2n) is 13.2. The highest BCUT2D eigenvalue weighted by molar-refractivity contribution is 9.10. The largest absolute Gasteiger partial charge is 0.495 e. The van der Waals surface area contributed by atoms with Gasteiger partial charge in [-0.3, -0.25) is 19.8 Å². The molecule has 0 aliphatic carbocycles. The standard InChI is InChI=1S/C20H18N6O3S.C14H16N6O2.C6H6BrN3O2.CH4/c1-26(2)20(27)12-6-4-11(5-7-12)13-10-22-17(21)15(23-13)18-24-25-19(29-18)16-14(28-3)8-9-30-16;1-20(2)14(22)9-5-3-8(4-6-9)10-7-17-12(15)11(18-10)13(21)19-16;1-12-6(11)4-5(8)9-2-3(7)10-4;/h4-10H,1-3H3,(H2,21,22);3-7H,16H2,1-2H3,(H2,15,17)(H,19,21);2H,1H3,(H2,8,9);1H4. The van der Waals surface area contributed by atoms with Gasteiger partial charge in [0, 0.05) is 50.4 Å². The zero-order valence-electron chi connectivity index (χ0n) is 34.9. The molecule has 24 heteroatoms. The normalized spacial score (nSPS) is 10.2. The van der Waals surface area contributed by atoms with E-state index in [9.17, 15) is 19.2 Å². The molecule has 22 nitrogen and oxygen atoms in total. The van der Waals surface area contributed by atoms with Crippen molar-refractivity contribution in [2.45, 2.75) is 7.43 Å². The van der Waals surface area contributed by atoms with Crippen LogP contribution in [0.5, 0.6) is 5.75 Å². The fraction of sp³-hybridized carbons (Fsp3) is 0.171. The number of nitrogens with two attached hydrogens (primary N) is 4. The van der Waals surface area contributed by atoms with Crippen LogP contribution in [0.2, 0.25) is 0 Å². The number of carbonyl (C=O) groups excluding carboxylic acids is 4. The molecule has 0 radical (unpaired) electrons. The van der Waals surface area contributed by atoms with Crippen LogP contribution in [0.4, 0.5) is 17.5 Å². The fourth-order valence-electron chi connectivity index (χ4n) is 5.20. The van der Waals surface area contributed by atoms with Crippen molar-refractivity contribution in [3.05, 3.63) is 106 Å². The number of anilines is 3. The van der Waals surface area contributed by atoms with Crippen molar-refractivity contribution in [3.63, 3.8) is 0 Å². The molecular formula is C41H44BrN15O7S. The van der Waals surface area contributed by atoms with Gasteiger partial charge in [0.2, 0.25) is 0 Å². The van der Waals surface area contributed by atoms with E-state index in [1.54, 1.807) is 90.0 Å². The third kappa shape index (κ3) is 12.2. The van der Waals surface area contributed by atoms with Crippen molar-refractivity contribution >= 4 is 68.4 Å². The van der Waals surface area contributed by atoms with Crippen molar-refractivity contribution < 1.29 is 33.1 Å². The van der Waals surface area contributed by atoms with E-state index in [0.717, 1.165) is 10.4 Å². The molecule has 338 valence electrons. The average molecular weight is 971 g/mol. The Balaban J connectivity index is 0.000000232.